The van der Waals surface area contributed by atoms with Crippen molar-refractivity contribution in [2.45, 2.75) is 122 Å². The van der Waals surface area contributed by atoms with Gasteiger partial charge in [-0.15, -0.1) is 0 Å². The minimum Gasteiger partial charge on any atom is -0.497 e. The van der Waals surface area contributed by atoms with Crippen LogP contribution in [-0.2, 0) is 92.3 Å². The molecule has 2 aliphatic rings. The molecule has 22 nitrogen and oxygen atoms in total. The van der Waals surface area contributed by atoms with Crippen molar-refractivity contribution in [2.24, 2.45) is 0 Å². The van der Waals surface area contributed by atoms with Gasteiger partial charge in [0.1, 0.15) is 42.5 Å². The summed E-state index contributed by atoms with van der Waals surface area (Å²) in [6.07, 6.45) is -15.3. The lowest BCUT2D eigenvalue weighted by Crippen LogP contribution is -2.70. The van der Waals surface area contributed by atoms with E-state index < -0.39 is 134 Å². The predicted octanol–water partition coefficient (Wildman–Crippen LogP) is 3.08. The van der Waals surface area contributed by atoms with E-state index in [1.165, 1.54) is 19.2 Å². The zero-order valence-electron chi connectivity index (χ0n) is 40.3. The van der Waals surface area contributed by atoms with Gasteiger partial charge in [-0.2, -0.15) is 0 Å². The maximum Gasteiger partial charge on any atom is 0.366 e. The topological polar surface area (TPSA) is 269 Å². The minimum atomic E-state index is -2.73. The highest BCUT2D eigenvalue weighted by atomic mass is 16.8. The van der Waals surface area contributed by atoms with E-state index in [0.717, 1.165) is 48.7 Å². The number of methoxy groups -OCH3 is 2. The summed E-state index contributed by atoms with van der Waals surface area (Å²) >= 11 is 0. The second-order valence-electron chi connectivity index (χ2n) is 16.1. The van der Waals surface area contributed by atoms with Gasteiger partial charge in [-0.1, -0.05) is 48.5 Å². The van der Waals surface area contributed by atoms with E-state index in [1.54, 1.807) is 72.8 Å². The molecule has 22 heteroatoms. The number of benzene rings is 3. The van der Waals surface area contributed by atoms with E-state index >= 15 is 0 Å². The van der Waals surface area contributed by atoms with Crippen LogP contribution < -0.4 is 14.8 Å². The van der Waals surface area contributed by atoms with Crippen molar-refractivity contribution >= 4 is 47.7 Å². The second kappa shape index (κ2) is 25.6. The Morgan fingerprint density at radius 1 is 0.690 bits per heavy atom. The average Bonchev–Trinajstić information content (AvgIpc) is 3.32. The van der Waals surface area contributed by atoms with Gasteiger partial charge in [-0.05, 0) is 42.0 Å². The molecule has 0 saturated carbocycles. The summed E-state index contributed by atoms with van der Waals surface area (Å²) in [4.78, 5) is 104. The van der Waals surface area contributed by atoms with E-state index in [9.17, 15) is 38.4 Å². The van der Waals surface area contributed by atoms with Crippen LogP contribution in [0.15, 0.2) is 84.9 Å². The van der Waals surface area contributed by atoms with E-state index in [0.29, 0.717) is 11.3 Å². The van der Waals surface area contributed by atoms with Crippen LogP contribution in [0.2, 0.25) is 0 Å². The third-order valence-corrected chi connectivity index (χ3v) is 10.7. The van der Waals surface area contributed by atoms with Crippen LogP contribution in [0.1, 0.15) is 63.9 Å². The third kappa shape index (κ3) is 15.4. The Kier molecular flexibility index (Phi) is 19.8. The van der Waals surface area contributed by atoms with Crippen molar-refractivity contribution < 1.29 is 99.9 Å². The zero-order valence-corrected chi connectivity index (χ0v) is 40.3. The maximum absolute atomic E-state index is 14.4. The molecule has 0 unspecified atom stereocenters. The molecule has 3 aromatic rings. The molecule has 5 rings (SSSR count). The molecule has 2 saturated heterocycles. The number of hydrogen-bond donors (Lipinski definition) is 1. The molecule has 384 valence electrons. The van der Waals surface area contributed by atoms with Gasteiger partial charge in [-0.3, -0.25) is 28.8 Å². The van der Waals surface area contributed by atoms with E-state index in [4.69, 9.17) is 61.6 Å². The lowest BCUT2D eigenvalue weighted by Gasteiger charge is -2.49. The smallest absolute Gasteiger partial charge is 0.366 e. The summed E-state index contributed by atoms with van der Waals surface area (Å²) < 4.78 is 76.9. The molecule has 0 bridgehead atoms. The second-order valence-corrected chi connectivity index (χ2v) is 16.1. The fourth-order valence-electron chi connectivity index (χ4n) is 7.84. The van der Waals surface area contributed by atoms with Crippen molar-refractivity contribution in [3.8, 4) is 11.5 Å². The molecule has 2 aliphatic heterocycles. The van der Waals surface area contributed by atoms with Crippen molar-refractivity contribution in [3.63, 3.8) is 0 Å². The Bertz CT molecular complexity index is 2310. The summed E-state index contributed by atoms with van der Waals surface area (Å²) in [6, 6.07) is 21.5. The zero-order chi connectivity index (χ0) is 51.8. The van der Waals surface area contributed by atoms with Gasteiger partial charge in [0.05, 0.1) is 45.5 Å². The van der Waals surface area contributed by atoms with Crippen molar-refractivity contribution in [1.82, 2.24) is 5.32 Å². The number of esters is 7. The van der Waals surface area contributed by atoms with Gasteiger partial charge in [-0.25, -0.2) is 9.59 Å². The predicted molar refractivity (Wildman–Crippen MR) is 240 cm³/mol. The molecule has 71 heavy (non-hydrogen) atoms. The third-order valence-electron chi connectivity index (χ3n) is 10.7. The molecular weight excluding hydrogens is 939 g/mol. The molecule has 2 heterocycles. The van der Waals surface area contributed by atoms with Crippen LogP contribution in [0.3, 0.4) is 0 Å². The van der Waals surface area contributed by atoms with Gasteiger partial charge < -0.3 is 66.9 Å². The maximum atomic E-state index is 14.4. The number of amides is 1. The monoisotopic (exact) mass is 995 g/mol. The lowest BCUT2D eigenvalue weighted by molar-refractivity contribution is -0.335. The molecule has 0 spiro atoms. The highest BCUT2D eigenvalue weighted by Crippen LogP contribution is 2.39. The van der Waals surface area contributed by atoms with Gasteiger partial charge in [0, 0.05) is 41.5 Å². The van der Waals surface area contributed by atoms with Crippen LogP contribution in [0.5, 0.6) is 11.5 Å². The first-order valence-corrected chi connectivity index (χ1v) is 22.2. The Morgan fingerprint density at radius 3 is 1.87 bits per heavy atom. The molecular formula is C49H57NO21. The first kappa shape index (κ1) is 54.8. The van der Waals surface area contributed by atoms with Crippen LogP contribution in [0, 0.1) is 0 Å². The SMILES string of the molecule is COC(=O)[C@]1(OC[C@H]2O[C@H](Oc3ccc(OC)cc3)[C@H](OC(C)=O)[C@H](OCc3ccccc3)[C@@H]2OC(=O)c2ccccc2)C[C@H](OC(C)=O)[C@H](NC(C)=O)[C@@H]([C@@H](OC(C)=O)[C@H](COC(C)=O)OC(C)=O)O1. The molecule has 11 atom stereocenters. The minimum absolute atomic E-state index is 0.0972. The highest BCUT2D eigenvalue weighted by molar-refractivity contribution is 5.89. The lowest BCUT2D eigenvalue weighted by atomic mass is 9.87. The number of carbonyl (C=O) groups excluding carboxylic acids is 8. The Labute approximate surface area is 408 Å². The highest BCUT2D eigenvalue weighted by Gasteiger charge is 2.61. The van der Waals surface area contributed by atoms with Crippen LogP contribution in [-0.4, -0.2) is 142 Å². The van der Waals surface area contributed by atoms with Gasteiger partial charge in [0.15, 0.2) is 24.4 Å². The number of nitrogens with one attached hydrogen (secondary N) is 1. The van der Waals surface area contributed by atoms with Gasteiger partial charge in [0.2, 0.25) is 12.2 Å². The molecule has 2 fully saturated rings. The fourth-order valence-corrected chi connectivity index (χ4v) is 7.84. The number of hydrogen-bond acceptors (Lipinski definition) is 21. The Balaban J connectivity index is 1.68. The fraction of sp³-hybridized carbons (Fsp3) is 0.469. The van der Waals surface area contributed by atoms with Gasteiger partial charge in [0.25, 0.3) is 5.79 Å². The Morgan fingerprint density at radius 2 is 1.31 bits per heavy atom. The standard InChI is InChI=1S/C49H57NO21/c1-27(51)50-40-37(64-29(3)53)23-49(48(58)60-8,71-43(40)41(66-31(5)55)38(65-30(4)54)25-61-28(2)52)63-26-39-42(70-46(57)34-17-13-10-14-18-34)44(62-24-33-15-11-9-12-16-33)45(67-32(6)56)47(69-39)68-36-21-19-35(59-7)20-22-36/h9-22,37-45,47H,23-26H2,1-8H3,(H,50,51)/t37-,38-,39+,40-,41-,42+,43-,44+,45+,47-,49-/m0/s1. The molecule has 0 radical (unpaired) electrons. The van der Waals surface area contributed by atoms with Crippen molar-refractivity contribution in [3.05, 3.63) is 96.1 Å². The number of ether oxygens (including phenoxy) is 13. The van der Waals surface area contributed by atoms with Crippen LogP contribution >= 0.6 is 0 Å². The molecule has 3 aromatic carbocycles. The summed E-state index contributed by atoms with van der Waals surface area (Å²) in [5.74, 6) is -9.41. The van der Waals surface area contributed by atoms with Crippen molar-refractivity contribution in [2.75, 3.05) is 27.4 Å². The summed E-state index contributed by atoms with van der Waals surface area (Å²) in [7, 11) is 2.45. The Hall–Kier alpha value is -7.14. The summed E-state index contributed by atoms with van der Waals surface area (Å²) in [5.41, 5.74) is 0.758. The molecule has 0 aromatic heterocycles. The van der Waals surface area contributed by atoms with E-state index in [2.05, 4.69) is 5.32 Å². The molecule has 0 aliphatic carbocycles. The van der Waals surface area contributed by atoms with E-state index in [1.807, 2.05) is 0 Å². The van der Waals surface area contributed by atoms with Crippen LogP contribution in [0.4, 0.5) is 0 Å². The quantitative estimate of drug-likeness (QED) is 0.119. The molecule has 1 N–H and O–H groups in total. The molecule has 1 amide bonds. The summed E-state index contributed by atoms with van der Waals surface area (Å²) in [6.45, 7) is 4.69. The number of rotatable bonds is 21. The number of carbonyl (C=O) groups is 8. The first-order chi connectivity index (χ1) is 33.8. The van der Waals surface area contributed by atoms with Gasteiger partial charge >= 0.3 is 41.8 Å². The normalized spacial score (nSPS) is 24.6. The largest absolute Gasteiger partial charge is 0.497 e. The van der Waals surface area contributed by atoms with Crippen molar-refractivity contribution in [1.29, 1.82) is 0 Å². The van der Waals surface area contributed by atoms with Crippen LogP contribution in [0.25, 0.3) is 0 Å². The van der Waals surface area contributed by atoms with E-state index in [-0.39, 0.29) is 17.9 Å². The summed E-state index contributed by atoms with van der Waals surface area (Å²) in [5, 5.41) is 2.60. The average molecular weight is 996 g/mol. The first-order valence-electron chi connectivity index (χ1n) is 22.2.